The third kappa shape index (κ3) is 6.18. The zero-order chi connectivity index (χ0) is 21.4. The van der Waals surface area contributed by atoms with E-state index in [1.165, 1.54) is 12.1 Å². The highest BCUT2D eigenvalue weighted by molar-refractivity contribution is 14.1. The van der Waals surface area contributed by atoms with Gasteiger partial charge in [0.1, 0.15) is 24.1 Å². The second-order valence-electron chi connectivity index (χ2n) is 5.63. The van der Waals surface area contributed by atoms with Crippen LogP contribution in [0.4, 0.5) is 9.18 Å². The molecule has 2 rings (SSSR count). The molecule has 0 unspecified atom stereocenters. The van der Waals surface area contributed by atoms with Gasteiger partial charge in [0.15, 0.2) is 11.5 Å². The molecule has 0 aliphatic rings. The summed E-state index contributed by atoms with van der Waals surface area (Å²) in [4.78, 5) is 22.7. The van der Waals surface area contributed by atoms with E-state index >= 15 is 0 Å². The maximum Gasteiger partial charge on any atom is 0.319 e. The molecule has 0 aliphatic carbocycles. The van der Waals surface area contributed by atoms with Crippen molar-refractivity contribution in [3.05, 3.63) is 62.5 Å². The smallest absolute Gasteiger partial charge is 0.319 e. The molecule has 9 heteroatoms. The number of urea groups is 1. The van der Waals surface area contributed by atoms with Gasteiger partial charge in [0.25, 0.3) is 5.91 Å². The monoisotopic (exact) mass is 509 g/mol. The molecule has 0 aliphatic heterocycles. The van der Waals surface area contributed by atoms with Crippen LogP contribution in [0, 0.1) is 20.7 Å². The first-order valence-electron chi connectivity index (χ1n) is 8.40. The first-order chi connectivity index (χ1) is 13.8. The first-order valence-corrected chi connectivity index (χ1v) is 9.48. The zero-order valence-electron chi connectivity index (χ0n) is 15.4. The van der Waals surface area contributed by atoms with Crippen molar-refractivity contribution in [3.8, 4) is 17.6 Å². The van der Waals surface area contributed by atoms with Crippen LogP contribution < -0.4 is 20.5 Å². The molecule has 0 saturated carbocycles. The predicted octanol–water partition coefficient (Wildman–Crippen LogP) is 3.51. The summed E-state index contributed by atoms with van der Waals surface area (Å²) in [5.41, 5.74) is 5.48. The summed E-state index contributed by atoms with van der Waals surface area (Å²) in [7, 11) is 0. The summed E-state index contributed by atoms with van der Waals surface area (Å²) in [6.07, 6.45) is 1.30. The maximum atomic E-state index is 13.8. The van der Waals surface area contributed by atoms with E-state index in [0.29, 0.717) is 32.8 Å². The van der Waals surface area contributed by atoms with Gasteiger partial charge in [-0.05, 0) is 59.4 Å². The molecular formula is C20H17FIN3O4. The van der Waals surface area contributed by atoms with E-state index in [1.54, 1.807) is 43.3 Å². The minimum atomic E-state index is -1.06. The number of nitriles is 1. The summed E-state index contributed by atoms with van der Waals surface area (Å²) in [6, 6.07) is 10.2. The lowest BCUT2D eigenvalue weighted by Gasteiger charge is -2.15. The van der Waals surface area contributed by atoms with E-state index in [4.69, 9.17) is 15.2 Å². The summed E-state index contributed by atoms with van der Waals surface area (Å²) in [6.45, 7) is 2.13. The molecule has 7 nitrogen and oxygen atoms in total. The number of carbonyl (C=O) groups excluding carboxylic acids is 2. The van der Waals surface area contributed by atoms with Gasteiger partial charge in [-0.15, -0.1) is 0 Å². The van der Waals surface area contributed by atoms with E-state index in [-0.39, 0.29) is 18.0 Å². The number of amides is 3. The minimum Gasteiger partial charge on any atom is -0.490 e. The standard InChI is InChI=1S/C20H17FIN3O4/c1-2-28-17-9-12(7-14(10-23)19(26)25-20(24)27)8-16(22)18(17)29-11-13-5-3-4-6-15(13)21/h3-9H,2,11H2,1H3,(H3,24,25,26,27)/b14-7-. The van der Waals surface area contributed by atoms with Crippen LogP contribution in [0.25, 0.3) is 6.08 Å². The summed E-state index contributed by atoms with van der Waals surface area (Å²) < 4.78 is 25.8. The van der Waals surface area contributed by atoms with E-state index in [1.807, 2.05) is 27.9 Å². The summed E-state index contributed by atoms with van der Waals surface area (Å²) >= 11 is 2.01. The van der Waals surface area contributed by atoms with Gasteiger partial charge in [0, 0.05) is 5.56 Å². The minimum absolute atomic E-state index is 0.00238. The van der Waals surface area contributed by atoms with Gasteiger partial charge >= 0.3 is 6.03 Å². The molecule has 0 heterocycles. The highest BCUT2D eigenvalue weighted by atomic mass is 127. The number of nitrogens with two attached hydrogens (primary N) is 1. The highest BCUT2D eigenvalue weighted by Crippen LogP contribution is 2.35. The largest absolute Gasteiger partial charge is 0.490 e. The molecule has 150 valence electrons. The molecule has 29 heavy (non-hydrogen) atoms. The number of hydrogen-bond donors (Lipinski definition) is 2. The molecule has 2 aromatic rings. The number of hydrogen-bond acceptors (Lipinski definition) is 5. The highest BCUT2D eigenvalue weighted by Gasteiger charge is 2.15. The number of imide groups is 1. The van der Waals surface area contributed by atoms with Crippen LogP contribution in [-0.2, 0) is 11.4 Å². The molecule has 0 atom stereocenters. The quantitative estimate of drug-likeness (QED) is 0.337. The van der Waals surface area contributed by atoms with Crippen molar-refractivity contribution in [2.75, 3.05) is 6.61 Å². The number of ether oxygens (including phenoxy) is 2. The lowest BCUT2D eigenvalue weighted by atomic mass is 10.1. The average Bonchev–Trinajstić information content (AvgIpc) is 2.66. The summed E-state index contributed by atoms with van der Waals surface area (Å²) in [5, 5.41) is 11.0. The fraction of sp³-hybridized carbons (Fsp3) is 0.150. The van der Waals surface area contributed by atoms with Gasteiger partial charge in [-0.2, -0.15) is 5.26 Å². The topological polar surface area (TPSA) is 114 Å². The Kier molecular flexibility index (Phi) is 7.97. The van der Waals surface area contributed by atoms with Crippen LogP contribution in [0.5, 0.6) is 11.5 Å². The predicted molar refractivity (Wildman–Crippen MR) is 112 cm³/mol. The van der Waals surface area contributed by atoms with Crippen LogP contribution in [0.15, 0.2) is 42.0 Å². The molecule has 3 amide bonds. The normalized spacial score (nSPS) is 10.8. The maximum absolute atomic E-state index is 13.8. The van der Waals surface area contributed by atoms with Crippen molar-refractivity contribution in [1.29, 1.82) is 5.26 Å². The van der Waals surface area contributed by atoms with Crippen LogP contribution in [0.2, 0.25) is 0 Å². The molecule has 0 fully saturated rings. The Bertz CT molecular complexity index is 1000. The first kappa shape index (κ1) is 22.2. The van der Waals surface area contributed by atoms with Crippen molar-refractivity contribution < 1.29 is 23.5 Å². The van der Waals surface area contributed by atoms with Gasteiger partial charge < -0.3 is 15.2 Å². The van der Waals surface area contributed by atoms with E-state index in [2.05, 4.69) is 0 Å². The number of carbonyl (C=O) groups is 2. The van der Waals surface area contributed by atoms with Crippen LogP contribution in [0.1, 0.15) is 18.1 Å². The second kappa shape index (κ2) is 10.4. The van der Waals surface area contributed by atoms with Crippen molar-refractivity contribution in [2.45, 2.75) is 13.5 Å². The molecule has 0 bridgehead atoms. The van der Waals surface area contributed by atoms with Crippen LogP contribution >= 0.6 is 22.6 Å². The van der Waals surface area contributed by atoms with Crippen molar-refractivity contribution >= 4 is 40.6 Å². The molecule has 0 saturated heterocycles. The Labute approximate surface area is 180 Å². The molecule has 2 aromatic carbocycles. The molecule has 0 aromatic heterocycles. The number of nitrogens with zero attached hydrogens (tertiary/aromatic N) is 1. The van der Waals surface area contributed by atoms with Gasteiger partial charge in [-0.1, -0.05) is 18.2 Å². The van der Waals surface area contributed by atoms with Crippen molar-refractivity contribution in [3.63, 3.8) is 0 Å². The van der Waals surface area contributed by atoms with Gasteiger partial charge in [0.2, 0.25) is 0 Å². The fourth-order valence-corrected chi connectivity index (χ4v) is 3.12. The third-order valence-electron chi connectivity index (χ3n) is 3.57. The van der Waals surface area contributed by atoms with Gasteiger partial charge in [0.05, 0.1) is 10.2 Å². The SMILES string of the molecule is CCOc1cc(/C=C(/C#N)C(=O)NC(N)=O)cc(I)c1OCc1ccccc1F. The Balaban J connectivity index is 2.35. The molecule has 0 spiro atoms. The number of nitrogens with one attached hydrogen (secondary N) is 1. The van der Waals surface area contributed by atoms with E-state index < -0.39 is 11.9 Å². The number of rotatable bonds is 7. The summed E-state index contributed by atoms with van der Waals surface area (Å²) in [5.74, 6) is -0.505. The Hall–Kier alpha value is -3.13. The van der Waals surface area contributed by atoms with Crippen LogP contribution in [-0.4, -0.2) is 18.5 Å². The van der Waals surface area contributed by atoms with Crippen LogP contribution in [0.3, 0.4) is 0 Å². The Morgan fingerprint density at radius 3 is 2.66 bits per heavy atom. The van der Waals surface area contributed by atoms with Gasteiger partial charge in [-0.3, -0.25) is 10.1 Å². The van der Waals surface area contributed by atoms with E-state index in [0.717, 1.165) is 0 Å². The zero-order valence-corrected chi connectivity index (χ0v) is 17.5. The molecule has 3 N–H and O–H groups in total. The number of primary amides is 1. The average molecular weight is 509 g/mol. The fourth-order valence-electron chi connectivity index (χ4n) is 2.33. The number of benzene rings is 2. The molecule has 0 radical (unpaired) electrons. The molecular weight excluding hydrogens is 492 g/mol. The lowest BCUT2D eigenvalue weighted by Crippen LogP contribution is -2.35. The van der Waals surface area contributed by atoms with E-state index in [9.17, 15) is 19.2 Å². The van der Waals surface area contributed by atoms with Gasteiger partial charge in [-0.25, -0.2) is 9.18 Å². The Morgan fingerprint density at radius 1 is 1.31 bits per heavy atom. The van der Waals surface area contributed by atoms with Crippen molar-refractivity contribution in [1.82, 2.24) is 5.32 Å². The third-order valence-corrected chi connectivity index (χ3v) is 4.38. The number of halogens is 2. The second-order valence-corrected chi connectivity index (χ2v) is 6.79. The Morgan fingerprint density at radius 2 is 2.03 bits per heavy atom. The lowest BCUT2D eigenvalue weighted by molar-refractivity contribution is -0.115. The van der Waals surface area contributed by atoms with Crippen molar-refractivity contribution in [2.24, 2.45) is 5.73 Å².